The Kier molecular flexibility index (Phi) is 5.76. The maximum Gasteiger partial charge on any atom is 0.387 e. The predicted octanol–water partition coefficient (Wildman–Crippen LogP) is 3.22. The summed E-state index contributed by atoms with van der Waals surface area (Å²) in [6.07, 6.45) is 1.79. The molecule has 0 radical (unpaired) electrons. The van der Waals surface area contributed by atoms with Crippen molar-refractivity contribution in [2.75, 3.05) is 18.5 Å². The van der Waals surface area contributed by atoms with E-state index in [1.165, 1.54) is 6.07 Å². The van der Waals surface area contributed by atoms with Crippen molar-refractivity contribution in [2.45, 2.75) is 39.3 Å². The number of hydrogen-bond acceptors (Lipinski definition) is 3. The van der Waals surface area contributed by atoms with E-state index in [1.807, 2.05) is 6.92 Å². The van der Waals surface area contributed by atoms with Gasteiger partial charge in [0.05, 0.1) is 18.3 Å². The molecule has 1 heterocycles. The van der Waals surface area contributed by atoms with Gasteiger partial charge in [0.15, 0.2) is 0 Å². The number of benzene rings is 1. The number of urea groups is 1. The topological polar surface area (TPSA) is 61.8 Å². The molecule has 2 N–H and O–H groups in total. The van der Waals surface area contributed by atoms with Crippen molar-refractivity contribution in [1.29, 1.82) is 0 Å². The van der Waals surface area contributed by atoms with Crippen molar-refractivity contribution in [3.05, 3.63) is 23.8 Å². The number of aliphatic hydroxyl groups excluding tert-OH is 1. The van der Waals surface area contributed by atoms with Gasteiger partial charge in [-0.1, -0.05) is 19.1 Å². The first-order valence-electron chi connectivity index (χ1n) is 7.67. The second-order valence-electron chi connectivity index (χ2n) is 5.82. The van der Waals surface area contributed by atoms with E-state index in [9.17, 15) is 18.7 Å². The van der Waals surface area contributed by atoms with Crippen molar-refractivity contribution >= 4 is 11.7 Å². The number of likely N-dealkylation sites (tertiary alicyclic amines) is 1. The molecule has 2 atom stereocenters. The number of rotatable bonds is 4. The summed E-state index contributed by atoms with van der Waals surface area (Å²) in [5.41, 5.74) is 0.856. The lowest BCUT2D eigenvalue weighted by molar-refractivity contribution is -0.0493. The van der Waals surface area contributed by atoms with Gasteiger partial charge in [-0.05, 0) is 37.3 Å². The molecule has 1 aliphatic heterocycles. The molecule has 5 nitrogen and oxygen atoms in total. The maximum atomic E-state index is 12.5. The molecule has 2 unspecified atom stereocenters. The third-order valence-corrected chi connectivity index (χ3v) is 4.25. The van der Waals surface area contributed by atoms with Crippen LogP contribution in [0.3, 0.4) is 0 Å². The Labute approximate surface area is 134 Å². The largest absolute Gasteiger partial charge is 0.433 e. The van der Waals surface area contributed by atoms with E-state index < -0.39 is 12.6 Å². The molecular formula is C16H22F2N2O3. The number of halogens is 2. The number of amides is 2. The van der Waals surface area contributed by atoms with Crippen LogP contribution in [0.4, 0.5) is 19.3 Å². The SMILES string of the molecule is Cc1cccc(OC(F)F)c1NC(=O)N1CCCC(C)C1CO. The van der Waals surface area contributed by atoms with Crippen molar-refractivity contribution in [3.8, 4) is 5.75 Å². The highest BCUT2D eigenvalue weighted by molar-refractivity contribution is 5.92. The number of carbonyl (C=O) groups excluding carboxylic acids is 1. The van der Waals surface area contributed by atoms with Crippen molar-refractivity contribution in [3.63, 3.8) is 0 Å². The molecule has 23 heavy (non-hydrogen) atoms. The van der Waals surface area contributed by atoms with Gasteiger partial charge < -0.3 is 20.1 Å². The molecule has 0 spiro atoms. The van der Waals surface area contributed by atoms with Gasteiger partial charge in [-0.3, -0.25) is 0 Å². The molecule has 128 valence electrons. The lowest BCUT2D eigenvalue weighted by Crippen LogP contribution is -2.51. The Bertz CT molecular complexity index is 554. The molecule has 0 bridgehead atoms. The average Bonchev–Trinajstić information content (AvgIpc) is 2.49. The third-order valence-electron chi connectivity index (χ3n) is 4.25. The van der Waals surface area contributed by atoms with Gasteiger partial charge in [0, 0.05) is 6.54 Å². The third kappa shape index (κ3) is 4.10. The van der Waals surface area contributed by atoms with Crippen LogP contribution in [0.5, 0.6) is 5.75 Å². The number of aryl methyl sites for hydroxylation is 1. The van der Waals surface area contributed by atoms with Crippen LogP contribution in [0.1, 0.15) is 25.3 Å². The van der Waals surface area contributed by atoms with Crippen LogP contribution < -0.4 is 10.1 Å². The Hall–Kier alpha value is -1.89. The van der Waals surface area contributed by atoms with Crippen LogP contribution in [0.25, 0.3) is 0 Å². The van der Waals surface area contributed by atoms with Crippen LogP contribution in [0, 0.1) is 12.8 Å². The standard InChI is InChI=1S/C16H22F2N2O3/c1-10-6-4-8-20(12(10)9-21)16(22)19-14-11(2)5-3-7-13(14)23-15(17)18/h3,5,7,10,12,15,21H,4,6,8-9H2,1-2H3,(H,19,22). The molecule has 0 aromatic heterocycles. The minimum atomic E-state index is -2.97. The number of ether oxygens (including phenoxy) is 1. The zero-order valence-corrected chi connectivity index (χ0v) is 13.3. The number of nitrogens with zero attached hydrogens (tertiary/aromatic N) is 1. The first-order valence-corrected chi connectivity index (χ1v) is 7.67. The first kappa shape index (κ1) is 17.5. The van der Waals surface area contributed by atoms with E-state index >= 15 is 0 Å². The van der Waals surface area contributed by atoms with Crippen molar-refractivity contribution in [1.82, 2.24) is 4.90 Å². The fraction of sp³-hybridized carbons (Fsp3) is 0.562. The highest BCUT2D eigenvalue weighted by Gasteiger charge is 2.31. The summed E-state index contributed by atoms with van der Waals surface area (Å²) >= 11 is 0. The molecule has 2 amide bonds. The summed E-state index contributed by atoms with van der Waals surface area (Å²) in [7, 11) is 0. The average molecular weight is 328 g/mol. The molecule has 2 rings (SSSR count). The van der Waals surface area contributed by atoms with Crippen LogP contribution in [0.2, 0.25) is 0 Å². The first-order chi connectivity index (χ1) is 10.9. The van der Waals surface area contributed by atoms with Gasteiger partial charge in [-0.25, -0.2) is 4.79 Å². The molecule has 0 aliphatic carbocycles. The van der Waals surface area contributed by atoms with E-state index in [2.05, 4.69) is 10.1 Å². The number of alkyl halides is 2. The van der Waals surface area contributed by atoms with Crippen LogP contribution in [-0.2, 0) is 0 Å². The number of para-hydroxylation sites is 1. The fourth-order valence-corrected chi connectivity index (χ4v) is 2.95. The summed E-state index contributed by atoms with van der Waals surface area (Å²) in [6, 6.07) is 3.99. The van der Waals surface area contributed by atoms with E-state index in [0.717, 1.165) is 12.8 Å². The van der Waals surface area contributed by atoms with Gasteiger partial charge in [-0.15, -0.1) is 0 Å². The zero-order chi connectivity index (χ0) is 17.0. The zero-order valence-electron chi connectivity index (χ0n) is 13.3. The Morgan fingerprint density at radius 2 is 2.26 bits per heavy atom. The van der Waals surface area contributed by atoms with Crippen LogP contribution >= 0.6 is 0 Å². The number of hydrogen-bond donors (Lipinski definition) is 2. The summed E-state index contributed by atoms with van der Waals surface area (Å²) in [5, 5.41) is 12.2. The summed E-state index contributed by atoms with van der Waals surface area (Å²) in [4.78, 5) is 14.1. The maximum absolute atomic E-state index is 12.5. The molecular weight excluding hydrogens is 306 g/mol. The Balaban J connectivity index is 2.19. The number of nitrogens with one attached hydrogen (secondary N) is 1. The number of carbonyl (C=O) groups is 1. The minimum absolute atomic E-state index is 0.0704. The highest BCUT2D eigenvalue weighted by atomic mass is 19.3. The quantitative estimate of drug-likeness (QED) is 0.892. The van der Waals surface area contributed by atoms with Gasteiger partial charge in [-0.2, -0.15) is 8.78 Å². The molecule has 1 aliphatic rings. The van der Waals surface area contributed by atoms with Crippen molar-refractivity contribution < 1.29 is 23.4 Å². The lowest BCUT2D eigenvalue weighted by Gasteiger charge is -2.39. The number of anilines is 1. The molecule has 1 aromatic rings. The summed E-state index contributed by atoms with van der Waals surface area (Å²) in [6.45, 7) is 1.13. The number of aliphatic hydroxyl groups is 1. The molecule has 0 saturated carbocycles. The van der Waals surface area contributed by atoms with E-state index in [4.69, 9.17) is 0 Å². The van der Waals surface area contributed by atoms with Gasteiger partial charge in [0.2, 0.25) is 0 Å². The second kappa shape index (κ2) is 7.59. The molecule has 1 aromatic carbocycles. The molecule has 7 heteroatoms. The molecule has 1 fully saturated rings. The summed E-state index contributed by atoms with van der Waals surface area (Å²) < 4.78 is 29.5. The van der Waals surface area contributed by atoms with Gasteiger partial charge in [0.25, 0.3) is 0 Å². The number of piperidine rings is 1. The highest BCUT2D eigenvalue weighted by Crippen LogP contribution is 2.31. The van der Waals surface area contributed by atoms with E-state index in [-0.39, 0.29) is 30.0 Å². The summed E-state index contributed by atoms with van der Waals surface area (Å²) in [5.74, 6) is 0.118. The normalized spacial score (nSPS) is 21.4. The predicted molar refractivity (Wildman–Crippen MR) is 82.8 cm³/mol. The lowest BCUT2D eigenvalue weighted by atomic mass is 9.91. The molecule has 1 saturated heterocycles. The monoisotopic (exact) mass is 328 g/mol. The Morgan fingerprint density at radius 3 is 2.91 bits per heavy atom. The van der Waals surface area contributed by atoms with Crippen molar-refractivity contribution in [2.24, 2.45) is 5.92 Å². The second-order valence-corrected chi connectivity index (χ2v) is 5.82. The smallest absolute Gasteiger partial charge is 0.387 e. The van der Waals surface area contributed by atoms with Gasteiger partial charge in [0.1, 0.15) is 5.75 Å². The van der Waals surface area contributed by atoms with Gasteiger partial charge >= 0.3 is 12.6 Å². The minimum Gasteiger partial charge on any atom is -0.433 e. The Morgan fingerprint density at radius 1 is 1.52 bits per heavy atom. The van der Waals surface area contributed by atoms with Crippen LogP contribution in [0.15, 0.2) is 18.2 Å². The van der Waals surface area contributed by atoms with E-state index in [1.54, 1.807) is 24.0 Å². The van der Waals surface area contributed by atoms with E-state index in [0.29, 0.717) is 12.1 Å². The van der Waals surface area contributed by atoms with Crippen LogP contribution in [-0.4, -0.2) is 41.8 Å². The fourth-order valence-electron chi connectivity index (χ4n) is 2.95.